The molecule has 0 aliphatic carbocycles. The smallest absolute Gasteiger partial charge is 0.107 e. The van der Waals surface area contributed by atoms with Gasteiger partial charge in [-0.15, -0.1) is 0 Å². The number of rotatable bonds is 1. The molecule has 0 radical (unpaired) electrons. The van der Waals surface area contributed by atoms with Crippen molar-refractivity contribution in [3.05, 3.63) is 0 Å². The summed E-state index contributed by atoms with van der Waals surface area (Å²) in [6, 6.07) is 0. The van der Waals surface area contributed by atoms with Gasteiger partial charge < -0.3 is 5.11 Å². The molecular weight excluding hydrogens is 108 g/mol. The molecule has 0 aliphatic heterocycles. The Morgan fingerprint density at radius 1 is 1.44 bits per heavy atom. The van der Waals surface area contributed by atoms with Gasteiger partial charge in [0.25, 0.3) is 0 Å². The molecule has 0 heterocycles. The van der Waals surface area contributed by atoms with E-state index in [1.54, 1.807) is 0 Å². The van der Waals surface area contributed by atoms with Crippen molar-refractivity contribution in [2.75, 3.05) is 0 Å². The first kappa shape index (κ1) is 8.55. The van der Waals surface area contributed by atoms with Gasteiger partial charge in [0.05, 0.1) is 23.5 Å². The van der Waals surface area contributed by atoms with Crippen LogP contribution in [0.1, 0.15) is 6.92 Å². The zero-order chi connectivity index (χ0) is 7.49. The molecule has 1 unspecified atom stereocenters. The van der Waals surface area contributed by atoms with Gasteiger partial charge in [0.2, 0.25) is 0 Å². The highest BCUT2D eigenvalue weighted by atomic mass is 16.2. The van der Waals surface area contributed by atoms with Crippen molar-refractivity contribution in [2.45, 2.75) is 12.0 Å². The monoisotopic (exact) mass is 120 g/mol. The zero-order valence-corrected chi connectivity index (χ0v) is 6.52. The van der Waals surface area contributed by atoms with Gasteiger partial charge in [-0.05, 0) is 0 Å². The maximum atomic E-state index is 8.24. The third-order valence-electron chi connectivity index (χ3n) is 1.58. The SMILES string of the molecule is BC(B)(B)C(C)C#CO. The molecule has 46 valence electrons. The Morgan fingerprint density at radius 3 is 2.00 bits per heavy atom. The Bertz CT molecular complexity index is 139. The lowest BCUT2D eigenvalue weighted by atomic mass is 9.38. The highest BCUT2D eigenvalue weighted by Gasteiger charge is 2.17. The van der Waals surface area contributed by atoms with Crippen LogP contribution in [0.15, 0.2) is 0 Å². The maximum absolute atomic E-state index is 8.24. The van der Waals surface area contributed by atoms with Gasteiger partial charge in [-0.2, -0.15) is 0 Å². The van der Waals surface area contributed by atoms with Gasteiger partial charge in [0.15, 0.2) is 0 Å². The first-order valence-electron chi connectivity index (χ1n) is 3.13. The predicted octanol–water partition coefficient (Wildman–Crippen LogP) is -2.07. The van der Waals surface area contributed by atoms with Crippen LogP contribution in [0.3, 0.4) is 0 Å². The van der Waals surface area contributed by atoms with Crippen LogP contribution in [0, 0.1) is 17.9 Å². The minimum absolute atomic E-state index is 0.176. The van der Waals surface area contributed by atoms with Crippen molar-refractivity contribution < 1.29 is 5.11 Å². The van der Waals surface area contributed by atoms with Crippen molar-refractivity contribution in [1.29, 1.82) is 0 Å². The van der Waals surface area contributed by atoms with Gasteiger partial charge in [-0.1, -0.05) is 18.0 Å². The highest BCUT2D eigenvalue weighted by Crippen LogP contribution is 2.20. The second-order valence-corrected chi connectivity index (χ2v) is 3.34. The summed E-state index contributed by atoms with van der Waals surface area (Å²) in [7, 11) is 6.30. The molecule has 1 N–H and O–H groups in total. The van der Waals surface area contributed by atoms with Gasteiger partial charge in [-0.3, -0.25) is 0 Å². The molecule has 0 bridgehead atoms. The van der Waals surface area contributed by atoms with E-state index in [0.29, 0.717) is 0 Å². The van der Waals surface area contributed by atoms with Crippen molar-refractivity contribution >= 4 is 23.5 Å². The standard InChI is InChI=1S/C5H11B3O/c1-4(2-3-9)5(6,7)8/h4,9H,6-8H2,1H3. The van der Waals surface area contributed by atoms with Crippen molar-refractivity contribution in [3.8, 4) is 12.0 Å². The van der Waals surface area contributed by atoms with E-state index in [1.165, 1.54) is 0 Å². The van der Waals surface area contributed by atoms with Gasteiger partial charge >= 0.3 is 0 Å². The van der Waals surface area contributed by atoms with Crippen LogP contribution < -0.4 is 0 Å². The Balaban J connectivity index is 3.99. The van der Waals surface area contributed by atoms with Crippen LogP contribution in [0.25, 0.3) is 0 Å². The van der Waals surface area contributed by atoms with E-state index in [1.807, 2.05) is 13.0 Å². The van der Waals surface area contributed by atoms with E-state index in [2.05, 4.69) is 29.5 Å². The zero-order valence-electron chi connectivity index (χ0n) is 6.52. The molecule has 0 amide bonds. The largest absolute Gasteiger partial charge is 0.462 e. The molecule has 0 aliphatic rings. The summed E-state index contributed by atoms with van der Waals surface area (Å²) in [5, 5.41) is 8.42. The number of hydrogen-bond acceptors (Lipinski definition) is 1. The molecule has 0 saturated heterocycles. The van der Waals surface area contributed by atoms with E-state index in [9.17, 15) is 0 Å². The predicted molar refractivity (Wildman–Crippen MR) is 47.2 cm³/mol. The van der Waals surface area contributed by atoms with Crippen molar-refractivity contribution in [2.24, 2.45) is 5.92 Å². The normalized spacial score (nSPS) is 13.4. The fourth-order valence-corrected chi connectivity index (χ4v) is 0.313. The van der Waals surface area contributed by atoms with Crippen LogP contribution in [-0.4, -0.2) is 28.6 Å². The highest BCUT2D eigenvalue weighted by molar-refractivity contribution is 6.59. The summed E-state index contributed by atoms with van der Waals surface area (Å²) < 4.78 is 0. The molecule has 4 heteroatoms. The number of aliphatic hydroxyl groups is 1. The lowest BCUT2D eigenvalue weighted by Gasteiger charge is -2.21. The molecule has 0 fully saturated rings. The summed E-state index contributed by atoms with van der Waals surface area (Å²) in [4.78, 5) is 0. The summed E-state index contributed by atoms with van der Waals surface area (Å²) >= 11 is 0. The average molecular weight is 120 g/mol. The van der Waals surface area contributed by atoms with Crippen LogP contribution in [0.2, 0.25) is 5.11 Å². The minimum atomic E-state index is 0.176. The Labute approximate surface area is 59.4 Å². The molecule has 1 atom stereocenters. The number of hydrogen-bond donors (Lipinski definition) is 1. The first-order valence-corrected chi connectivity index (χ1v) is 3.13. The molecule has 0 aromatic heterocycles. The Morgan fingerprint density at radius 2 is 1.89 bits per heavy atom. The third-order valence-corrected chi connectivity index (χ3v) is 1.58. The number of aliphatic hydroxyl groups excluding tert-OH is 1. The van der Waals surface area contributed by atoms with Gasteiger partial charge in [0, 0.05) is 5.92 Å². The summed E-state index contributed by atoms with van der Waals surface area (Å²) in [6.07, 6.45) is 1.92. The topological polar surface area (TPSA) is 20.2 Å². The van der Waals surface area contributed by atoms with E-state index in [4.69, 9.17) is 5.11 Å². The molecule has 0 saturated carbocycles. The van der Waals surface area contributed by atoms with Gasteiger partial charge in [0.1, 0.15) is 6.11 Å². The van der Waals surface area contributed by atoms with Crippen LogP contribution in [0.5, 0.6) is 0 Å². The molecule has 0 aromatic rings. The van der Waals surface area contributed by atoms with Crippen LogP contribution in [-0.2, 0) is 0 Å². The Kier molecular flexibility index (Phi) is 2.77. The molecule has 1 nitrogen and oxygen atoms in total. The molecule has 0 aromatic carbocycles. The van der Waals surface area contributed by atoms with Crippen molar-refractivity contribution in [3.63, 3.8) is 0 Å². The van der Waals surface area contributed by atoms with E-state index < -0.39 is 0 Å². The van der Waals surface area contributed by atoms with E-state index in [-0.39, 0.29) is 11.0 Å². The third kappa shape index (κ3) is 3.19. The lowest BCUT2D eigenvalue weighted by molar-refractivity contribution is 0.513. The van der Waals surface area contributed by atoms with Gasteiger partial charge in [-0.25, -0.2) is 0 Å². The van der Waals surface area contributed by atoms with E-state index >= 15 is 0 Å². The van der Waals surface area contributed by atoms with Crippen LogP contribution in [0.4, 0.5) is 0 Å². The summed E-state index contributed by atoms with van der Waals surface area (Å²) in [5.41, 5.74) is 0. The molecular formula is C5H11B3O. The quantitative estimate of drug-likeness (QED) is 0.311. The second-order valence-electron chi connectivity index (χ2n) is 3.34. The van der Waals surface area contributed by atoms with Crippen LogP contribution >= 0.6 is 0 Å². The fourth-order valence-electron chi connectivity index (χ4n) is 0.313. The first-order chi connectivity index (χ1) is 3.98. The minimum Gasteiger partial charge on any atom is -0.462 e. The summed E-state index contributed by atoms with van der Waals surface area (Å²) in [6.45, 7) is 2.00. The lowest BCUT2D eigenvalue weighted by Crippen LogP contribution is -2.21. The van der Waals surface area contributed by atoms with Crippen molar-refractivity contribution in [1.82, 2.24) is 0 Å². The fraction of sp³-hybridized carbons (Fsp3) is 0.600. The Hall–Kier alpha value is -0.445. The maximum Gasteiger partial charge on any atom is 0.107 e. The van der Waals surface area contributed by atoms with E-state index in [0.717, 1.165) is 0 Å². The molecule has 9 heavy (non-hydrogen) atoms. The second kappa shape index (κ2) is 2.91. The average Bonchev–Trinajstić information content (AvgIpc) is 1.64. The summed E-state index contributed by atoms with van der Waals surface area (Å²) in [5.74, 6) is 2.94. The molecule has 0 spiro atoms. The molecule has 0 rings (SSSR count).